The van der Waals surface area contributed by atoms with Crippen molar-refractivity contribution in [3.63, 3.8) is 0 Å². The molecule has 1 aromatic rings. The van der Waals surface area contributed by atoms with E-state index in [9.17, 15) is 9.50 Å². The Morgan fingerprint density at radius 1 is 1.41 bits per heavy atom. The highest BCUT2D eigenvalue weighted by Gasteiger charge is 2.05. The van der Waals surface area contributed by atoms with Gasteiger partial charge in [-0.3, -0.25) is 0 Å². The molecule has 0 bridgehead atoms. The lowest BCUT2D eigenvalue weighted by Gasteiger charge is -2.10. The first-order valence-corrected chi connectivity index (χ1v) is 6.34. The van der Waals surface area contributed by atoms with Crippen molar-refractivity contribution >= 4 is 11.8 Å². The van der Waals surface area contributed by atoms with Crippen molar-refractivity contribution in [3.05, 3.63) is 30.1 Å². The lowest BCUT2D eigenvalue weighted by atomic mass is 10.3. The highest BCUT2D eigenvalue weighted by molar-refractivity contribution is 7.99. The molecule has 0 aliphatic carbocycles. The normalized spacial score (nSPS) is 12.6. The second-order valence-electron chi connectivity index (χ2n) is 3.49. The lowest BCUT2D eigenvalue weighted by molar-refractivity contribution is 0.0218. The van der Waals surface area contributed by atoms with Gasteiger partial charge in [-0.2, -0.15) is 0 Å². The van der Waals surface area contributed by atoms with Crippen LogP contribution in [0.15, 0.2) is 29.2 Å². The maximum absolute atomic E-state index is 12.9. The van der Waals surface area contributed by atoms with Gasteiger partial charge in [-0.05, 0) is 18.2 Å². The Bertz CT molecular complexity index is 322. The first-order chi connectivity index (χ1) is 8.22. The minimum atomic E-state index is -0.555. The van der Waals surface area contributed by atoms with Crippen LogP contribution in [-0.4, -0.2) is 43.9 Å². The SMILES string of the molecule is COCCOCC(O)CSc1cccc(F)c1. The van der Waals surface area contributed by atoms with E-state index in [4.69, 9.17) is 9.47 Å². The largest absolute Gasteiger partial charge is 0.390 e. The molecule has 1 rings (SSSR count). The molecule has 0 amide bonds. The standard InChI is InChI=1S/C12H17FO3S/c1-15-5-6-16-8-11(14)9-17-12-4-2-3-10(13)7-12/h2-4,7,11,14H,5-6,8-9H2,1H3. The zero-order chi connectivity index (χ0) is 12.5. The van der Waals surface area contributed by atoms with Crippen LogP contribution in [0.5, 0.6) is 0 Å². The van der Waals surface area contributed by atoms with Crippen molar-refractivity contribution in [1.29, 1.82) is 0 Å². The molecule has 3 nitrogen and oxygen atoms in total. The Balaban J connectivity index is 2.17. The first kappa shape index (κ1) is 14.4. The van der Waals surface area contributed by atoms with Gasteiger partial charge in [0.2, 0.25) is 0 Å². The van der Waals surface area contributed by atoms with E-state index in [1.54, 1.807) is 13.2 Å². The molecular weight excluding hydrogens is 243 g/mol. The van der Waals surface area contributed by atoms with E-state index in [0.29, 0.717) is 19.0 Å². The lowest BCUT2D eigenvalue weighted by Crippen LogP contribution is -2.19. The van der Waals surface area contributed by atoms with E-state index < -0.39 is 6.10 Å². The topological polar surface area (TPSA) is 38.7 Å². The molecule has 96 valence electrons. The number of thioether (sulfide) groups is 1. The molecule has 1 atom stereocenters. The zero-order valence-corrected chi connectivity index (χ0v) is 10.6. The highest BCUT2D eigenvalue weighted by Crippen LogP contribution is 2.19. The molecule has 0 saturated carbocycles. The minimum Gasteiger partial charge on any atom is -0.390 e. The summed E-state index contributed by atoms with van der Waals surface area (Å²) >= 11 is 1.41. The third-order valence-corrected chi connectivity index (χ3v) is 3.12. The quantitative estimate of drug-likeness (QED) is 0.573. The van der Waals surface area contributed by atoms with E-state index in [-0.39, 0.29) is 12.4 Å². The molecule has 17 heavy (non-hydrogen) atoms. The summed E-state index contributed by atoms with van der Waals surface area (Å²) in [4.78, 5) is 0.806. The van der Waals surface area contributed by atoms with Crippen LogP contribution in [0.1, 0.15) is 0 Å². The van der Waals surface area contributed by atoms with Crippen molar-refractivity contribution < 1.29 is 19.0 Å². The second-order valence-corrected chi connectivity index (χ2v) is 4.58. The van der Waals surface area contributed by atoms with Crippen molar-refractivity contribution in [1.82, 2.24) is 0 Å². The molecule has 1 N–H and O–H groups in total. The molecule has 1 unspecified atom stereocenters. The molecule has 0 radical (unpaired) electrons. The van der Waals surface area contributed by atoms with Crippen LogP contribution in [0, 0.1) is 5.82 Å². The number of halogens is 1. The summed E-state index contributed by atoms with van der Waals surface area (Å²) in [7, 11) is 1.60. The molecule has 0 fully saturated rings. The van der Waals surface area contributed by atoms with Gasteiger partial charge in [0.25, 0.3) is 0 Å². The number of ether oxygens (including phenoxy) is 2. The summed E-state index contributed by atoms with van der Waals surface area (Å²) in [6.07, 6.45) is -0.555. The van der Waals surface area contributed by atoms with E-state index in [0.717, 1.165) is 4.90 Å². The van der Waals surface area contributed by atoms with Crippen molar-refractivity contribution in [2.45, 2.75) is 11.0 Å². The Hall–Kier alpha value is -0.620. The number of hydrogen-bond acceptors (Lipinski definition) is 4. The summed E-state index contributed by atoms with van der Waals surface area (Å²) in [6.45, 7) is 1.26. The van der Waals surface area contributed by atoms with Crippen molar-refractivity contribution in [2.75, 3.05) is 32.7 Å². The average molecular weight is 260 g/mol. The number of rotatable bonds is 8. The monoisotopic (exact) mass is 260 g/mol. The van der Waals surface area contributed by atoms with Crippen LogP contribution in [-0.2, 0) is 9.47 Å². The van der Waals surface area contributed by atoms with Crippen LogP contribution in [0.25, 0.3) is 0 Å². The Kier molecular flexibility index (Phi) is 7.19. The maximum atomic E-state index is 12.9. The van der Waals surface area contributed by atoms with E-state index in [1.165, 1.54) is 23.9 Å². The predicted molar refractivity (Wildman–Crippen MR) is 65.8 cm³/mol. The fraction of sp³-hybridized carbons (Fsp3) is 0.500. The van der Waals surface area contributed by atoms with Crippen LogP contribution in [0.2, 0.25) is 0 Å². The van der Waals surface area contributed by atoms with Gasteiger partial charge in [0.05, 0.1) is 25.9 Å². The Morgan fingerprint density at radius 3 is 2.94 bits per heavy atom. The van der Waals surface area contributed by atoms with Gasteiger partial charge in [-0.25, -0.2) is 4.39 Å². The Labute approximate surface area is 105 Å². The molecule has 1 aromatic carbocycles. The van der Waals surface area contributed by atoms with E-state index >= 15 is 0 Å². The first-order valence-electron chi connectivity index (χ1n) is 5.35. The molecule has 0 aliphatic heterocycles. The van der Waals surface area contributed by atoms with E-state index in [1.807, 2.05) is 6.07 Å². The molecule has 0 aromatic heterocycles. The van der Waals surface area contributed by atoms with Gasteiger partial charge in [0, 0.05) is 17.8 Å². The van der Waals surface area contributed by atoms with Gasteiger partial charge >= 0.3 is 0 Å². The van der Waals surface area contributed by atoms with Gasteiger partial charge in [0.15, 0.2) is 0 Å². The van der Waals surface area contributed by atoms with Crippen LogP contribution < -0.4 is 0 Å². The molecule has 5 heteroatoms. The zero-order valence-electron chi connectivity index (χ0n) is 9.77. The molecule has 0 heterocycles. The second kappa shape index (κ2) is 8.47. The average Bonchev–Trinajstić information content (AvgIpc) is 2.32. The summed E-state index contributed by atoms with van der Waals surface area (Å²) in [5.74, 6) is 0.219. The molecular formula is C12H17FO3S. The third kappa shape index (κ3) is 6.63. The maximum Gasteiger partial charge on any atom is 0.124 e. The highest BCUT2D eigenvalue weighted by atomic mass is 32.2. The van der Waals surface area contributed by atoms with Crippen molar-refractivity contribution in [3.8, 4) is 0 Å². The number of aliphatic hydroxyl groups excluding tert-OH is 1. The third-order valence-electron chi connectivity index (χ3n) is 1.98. The Morgan fingerprint density at radius 2 is 2.24 bits per heavy atom. The minimum absolute atomic E-state index is 0.263. The van der Waals surface area contributed by atoms with Crippen LogP contribution >= 0.6 is 11.8 Å². The van der Waals surface area contributed by atoms with Crippen LogP contribution in [0.3, 0.4) is 0 Å². The van der Waals surface area contributed by atoms with Gasteiger partial charge in [0.1, 0.15) is 5.82 Å². The van der Waals surface area contributed by atoms with Crippen LogP contribution in [0.4, 0.5) is 4.39 Å². The number of methoxy groups -OCH3 is 1. The van der Waals surface area contributed by atoms with Gasteiger partial charge < -0.3 is 14.6 Å². The number of hydrogen-bond donors (Lipinski definition) is 1. The van der Waals surface area contributed by atoms with Crippen molar-refractivity contribution in [2.24, 2.45) is 0 Å². The molecule has 0 saturated heterocycles. The molecule has 0 spiro atoms. The van der Waals surface area contributed by atoms with Gasteiger partial charge in [-0.1, -0.05) is 6.07 Å². The number of aliphatic hydroxyl groups is 1. The summed E-state index contributed by atoms with van der Waals surface area (Å²) in [6, 6.07) is 6.31. The summed E-state index contributed by atoms with van der Waals surface area (Å²) in [5.41, 5.74) is 0. The van der Waals surface area contributed by atoms with Gasteiger partial charge in [-0.15, -0.1) is 11.8 Å². The summed E-state index contributed by atoms with van der Waals surface area (Å²) < 4.78 is 22.9. The van der Waals surface area contributed by atoms with E-state index in [2.05, 4.69) is 0 Å². The molecule has 0 aliphatic rings. The number of benzene rings is 1. The summed E-state index contributed by atoms with van der Waals surface area (Å²) in [5, 5.41) is 9.60. The smallest absolute Gasteiger partial charge is 0.124 e. The fourth-order valence-electron chi connectivity index (χ4n) is 1.16. The predicted octanol–water partition coefficient (Wildman–Crippen LogP) is 1.94. The fourth-order valence-corrected chi connectivity index (χ4v) is 2.01.